The van der Waals surface area contributed by atoms with Gasteiger partial charge in [0.2, 0.25) is 0 Å². The van der Waals surface area contributed by atoms with Crippen molar-refractivity contribution in [1.82, 2.24) is 0 Å². The molecule has 1 rings (SSSR count). The van der Waals surface area contributed by atoms with Crippen molar-refractivity contribution in [2.45, 2.75) is 44.9 Å². The second-order valence-corrected chi connectivity index (χ2v) is 5.02. The average molecular weight is 263 g/mol. The summed E-state index contributed by atoms with van der Waals surface area (Å²) in [4.78, 5) is 0. The highest BCUT2D eigenvalue weighted by atomic mass is 35.5. The molecule has 16 heavy (non-hydrogen) atoms. The molecule has 0 radical (unpaired) electrons. The summed E-state index contributed by atoms with van der Waals surface area (Å²) in [5, 5.41) is 0.318. The molecule has 0 aromatic heterocycles. The van der Waals surface area contributed by atoms with Gasteiger partial charge in [-0.1, -0.05) is 43.9 Å². The van der Waals surface area contributed by atoms with E-state index in [1.807, 2.05) is 0 Å². The highest BCUT2D eigenvalue weighted by Gasteiger charge is 2.13. The maximum absolute atomic E-state index is 13.2. The van der Waals surface area contributed by atoms with Crippen LogP contribution in [0.3, 0.4) is 0 Å². The van der Waals surface area contributed by atoms with Gasteiger partial charge < -0.3 is 0 Å². The molecule has 0 bridgehead atoms. The normalized spacial score (nSPS) is 12.8. The summed E-state index contributed by atoms with van der Waals surface area (Å²) < 4.78 is 13.2. The third kappa shape index (κ3) is 3.64. The van der Waals surface area contributed by atoms with Crippen LogP contribution in [0.5, 0.6) is 0 Å². The molecule has 0 saturated heterocycles. The largest absolute Gasteiger partial charge is 0.207 e. The van der Waals surface area contributed by atoms with E-state index in [1.165, 1.54) is 18.9 Å². The Morgan fingerprint density at radius 1 is 1.31 bits per heavy atom. The van der Waals surface area contributed by atoms with Gasteiger partial charge in [-0.25, -0.2) is 4.39 Å². The fourth-order valence-corrected chi connectivity index (χ4v) is 2.32. The molecule has 0 saturated carbocycles. The minimum atomic E-state index is -0.272. The maximum Gasteiger partial charge on any atom is 0.127 e. The predicted octanol–water partition coefficient (Wildman–Crippen LogP) is 5.65. The molecule has 1 unspecified atom stereocenters. The summed E-state index contributed by atoms with van der Waals surface area (Å²) in [6, 6.07) is 3.10. The van der Waals surface area contributed by atoms with Crippen molar-refractivity contribution in [3.05, 3.63) is 34.1 Å². The van der Waals surface area contributed by atoms with E-state index < -0.39 is 0 Å². The molecule has 0 amide bonds. The van der Waals surface area contributed by atoms with Crippen molar-refractivity contribution in [3.63, 3.8) is 0 Å². The molecule has 0 fully saturated rings. The molecular weight excluding hydrogens is 246 g/mol. The van der Waals surface area contributed by atoms with E-state index in [0.29, 0.717) is 10.6 Å². The highest BCUT2D eigenvalue weighted by Crippen LogP contribution is 2.33. The van der Waals surface area contributed by atoms with Gasteiger partial charge in [-0.05, 0) is 30.5 Å². The number of unbranched alkanes of at least 4 members (excludes halogenated alkanes) is 2. The summed E-state index contributed by atoms with van der Waals surface area (Å²) in [7, 11) is 0. The molecule has 0 aliphatic carbocycles. The fraction of sp³-hybridized carbons (Fsp3) is 0.538. The third-order valence-corrected chi connectivity index (χ3v) is 3.46. The Labute approximate surface area is 107 Å². The van der Waals surface area contributed by atoms with Crippen LogP contribution in [-0.2, 0) is 0 Å². The molecule has 1 atom stereocenters. The first-order valence-electron chi connectivity index (χ1n) is 5.65. The van der Waals surface area contributed by atoms with Crippen LogP contribution in [0.25, 0.3) is 0 Å². The number of aryl methyl sites for hydroxylation is 1. The number of rotatable bonds is 5. The Kier molecular flexibility index (Phi) is 5.57. The quantitative estimate of drug-likeness (QED) is 0.475. The first kappa shape index (κ1) is 13.8. The molecule has 0 spiro atoms. The van der Waals surface area contributed by atoms with Gasteiger partial charge in [0.15, 0.2) is 0 Å². The van der Waals surface area contributed by atoms with Gasteiger partial charge in [0.1, 0.15) is 5.82 Å². The lowest BCUT2D eigenvalue weighted by molar-refractivity contribution is 0.615. The molecule has 0 N–H and O–H groups in total. The zero-order chi connectivity index (χ0) is 12.1. The second-order valence-electron chi connectivity index (χ2n) is 4.09. The van der Waals surface area contributed by atoms with E-state index in [2.05, 4.69) is 6.92 Å². The lowest BCUT2D eigenvalue weighted by atomic mass is 10.0. The summed E-state index contributed by atoms with van der Waals surface area (Å²) in [5.74, 6) is -0.272. The van der Waals surface area contributed by atoms with Crippen molar-refractivity contribution in [2.24, 2.45) is 0 Å². The number of hydrogen-bond donors (Lipinski definition) is 0. The van der Waals surface area contributed by atoms with Crippen LogP contribution >= 0.6 is 23.2 Å². The lowest BCUT2D eigenvalue weighted by Crippen LogP contribution is -1.95. The van der Waals surface area contributed by atoms with E-state index in [9.17, 15) is 4.39 Å². The zero-order valence-electron chi connectivity index (χ0n) is 9.69. The smallest absolute Gasteiger partial charge is 0.127 e. The zero-order valence-corrected chi connectivity index (χ0v) is 11.2. The van der Waals surface area contributed by atoms with Crippen molar-refractivity contribution in [3.8, 4) is 0 Å². The molecular formula is C13H17Cl2F. The molecule has 90 valence electrons. The number of hydrogen-bond acceptors (Lipinski definition) is 0. The predicted molar refractivity (Wildman–Crippen MR) is 68.9 cm³/mol. The van der Waals surface area contributed by atoms with E-state index in [-0.39, 0.29) is 11.2 Å². The van der Waals surface area contributed by atoms with Crippen molar-refractivity contribution < 1.29 is 4.39 Å². The molecule has 0 aliphatic rings. The first-order valence-corrected chi connectivity index (χ1v) is 6.47. The van der Waals surface area contributed by atoms with Crippen LogP contribution in [0.1, 0.15) is 49.1 Å². The molecule has 0 aliphatic heterocycles. The number of alkyl halides is 1. The Hall–Kier alpha value is -0.270. The van der Waals surface area contributed by atoms with Crippen LogP contribution in [0.2, 0.25) is 5.02 Å². The SMILES string of the molecule is CCCCCC(Cl)c1cc(C)c(F)cc1Cl. The van der Waals surface area contributed by atoms with E-state index in [0.717, 1.165) is 18.4 Å². The topological polar surface area (TPSA) is 0 Å². The minimum absolute atomic E-state index is 0.113. The monoisotopic (exact) mass is 262 g/mol. The average Bonchev–Trinajstić information content (AvgIpc) is 2.23. The van der Waals surface area contributed by atoms with Crippen LogP contribution < -0.4 is 0 Å². The van der Waals surface area contributed by atoms with Gasteiger partial charge in [0, 0.05) is 5.02 Å². The van der Waals surface area contributed by atoms with Crippen LogP contribution in [0, 0.1) is 12.7 Å². The van der Waals surface area contributed by atoms with Gasteiger partial charge in [-0.15, -0.1) is 11.6 Å². The Balaban J connectivity index is 2.75. The second kappa shape index (κ2) is 6.46. The molecule has 1 aromatic carbocycles. The van der Waals surface area contributed by atoms with Gasteiger partial charge in [0.05, 0.1) is 5.38 Å². The number of benzene rings is 1. The summed E-state index contributed by atoms with van der Waals surface area (Å²) in [6.45, 7) is 3.88. The number of halogens is 3. The van der Waals surface area contributed by atoms with Crippen molar-refractivity contribution >= 4 is 23.2 Å². The maximum atomic E-state index is 13.2. The van der Waals surface area contributed by atoms with Crippen LogP contribution in [0.4, 0.5) is 4.39 Å². The molecule has 0 heterocycles. The van der Waals surface area contributed by atoms with Gasteiger partial charge in [-0.2, -0.15) is 0 Å². The van der Waals surface area contributed by atoms with E-state index in [1.54, 1.807) is 13.0 Å². The molecule has 1 aromatic rings. The summed E-state index contributed by atoms with van der Waals surface area (Å²) in [5.41, 5.74) is 1.44. The van der Waals surface area contributed by atoms with E-state index >= 15 is 0 Å². The fourth-order valence-electron chi connectivity index (χ4n) is 1.65. The Bertz CT molecular complexity index is 350. The Morgan fingerprint density at radius 2 is 2.00 bits per heavy atom. The highest BCUT2D eigenvalue weighted by molar-refractivity contribution is 6.32. The van der Waals surface area contributed by atoms with Crippen molar-refractivity contribution in [1.29, 1.82) is 0 Å². The Morgan fingerprint density at radius 3 is 2.62 bits per heavy atom. The van der Waals surface area contributed by atoms with Crippen LogP contribution in [-0.4, -0.2) is 0 Å². The standard InChI is InChI=1S/C13H17Cl2F/c1-3-4-5-6-11(14)10-7-9(2)13(16)8-12(10)15/h7-8,11H,3-6H2,1-2H3. The summed E-state index contributed by atoms with van der Waals surface area (Å²) in [6.07, 6.45) is 4.30. The third-order valence-electron chi connectivity index (χ3n) is 2.68. The minimum Gasteiger partial charge on any atom is -0.207 e. The van der Waals surface area contributed by atoms with Gasteiger partial charge in [0.25, 0.3) is 0 Å². The van der Waals surface area contributed by atoms with E-state index in [4.69, 9.17) is 23.2 Å². The first-order chi connectivity index (χ1) is 7.56. The molecule has 0 nitrogen and oxygen atoms in total. The van der Waals surface area contributed by atoms with Gasteiger partial charge >= 0.3 is 0 Å². The lowest BCUT2D eigenvalue weighted by Gasteiger charge is -2.12. The van der Waals surface area contributed by atoms with Crippen LogP contribution in [0.15, 0.2) is 12.1 Å². The molecule has 3 heteroatoms. The van der Waals surface area contributed by atoms with Gasteiger partial charge in [-0.3, -0.25) is 0 Å². The van der Waals surface area contributed by atoms with Crippen molar-refractivity contribution in [2.75, 3.05) is 0 Å². The summed E-state index contributed by atoms with van der Waals surface area (Å²) >= 11 is 12.2.